The summed E-state index contributed by atoms with van der Waals surface area (Å²) in [5.41, 5.74) is 0. The first-order valence-electron chi connectivity index (χ1n) is 7.56. The van der Waals surface area contributed by atoms with Crippen LogP contribution in [0.5, 0.6) is 0 Å². The van der Waals surface area contributed by atoms with Gasteiger partial charge in [-0.05, 0) is 24.9 Å². The van der Waals surface area contributed by atoms with Gasteiger partial charge in [0, 0.05) is 0 Å². The van der Waals surface area contributed by atoms with Crippen LogP contribution in [-0.4, -0.2) is 33.4 Å². The van der Waals surface area contributed by atoms with Crippen molar-refractivity contribution in [1.82, 2.24) is 4.57 Å². The van der Waals surface area contributed by atoms with Crippen molar-refractivity contribution < 1.29 is 0 Å². The number of hydrogen-bond donors (Lipinski definition) is 0. The van der Waals surface area contributed by atoms with E-state index in [9.17, 15) is 0 Å². The fourth-order valence-electron chi connectivity index (χ4n) is 2.31. The Bertz CT molecular complexity index is 174. The maximum absolute atomic E-state index is 2.84. The van der Waals surface area contributed by atoms with Gasteiger partial charge in [0.15, 0.2) is 0 Å². The molecular weight excluding hydrogens is 238 g/mol. The molecule has 3 heteroatoms. The minimum Gasteiger partial charge on any atom is -0.323 e. The average molecular weight is 272 g/mol. The summed E-state index contributed by atoms with van der Waals surface area (Å²) in [4.78, 5) is 0. The van der Waals surface area contributed by atoms with Gasteiger partial charge in [0.2, 0.25) is 0 Å². The van der Waals surface area contributed by atoms with E-state index in [2.05, 4.69) is 53.0 Å². The van der Waals surface area contributed by atoms with Crippen LogP contribution >= 0.6 is 0 Å². The standard InChI is InChI=1S/C14H33NSi2/c1-8-13(6)15(14(7)9-2)16-17(10-3,11-4)12-5/h13-14H,8-12H2,1-7H3. The highest BCUT2D eigenvalue weighted by Gasteiger charge is 2.33. The summed E-state index contributed by atoms with van der Waals surface area (Å²) in [6.07, 6.45) is 2.58. The Labute approximate surface area is 113 Å². The first kappa shape index (κ1) is 17.4. The van der Waals surface area contributed by atoms with Gasteiger partial charge in [0.25, 0.3) is 0 Å². The Balaban J connectivity index is 4.82. The third kappa shape index (κ3) is 4.88. The van der Waals surface area contributed by atoms with Crippen LogP contribution in [0, 0.1) is 0 Å². The Morgan fingerprint density at radius 1 is 0.824 bits per heavy atom. The van der Waals surface area contributed by atoms with Crippen molar-refractivity contribution in [2.45, 2.75) is 91.5 Å². The highest BCUT2D eigenvalue weighted by atomic mass is 29.2. The van der Waals surface area contributed by atoms with Crippen molar-refractivity contribution in [3.05, 3.63) is 0 Å². The van der Waals surface area contributed by atoms with Gasteiger partial charge in [-0.2, -0.15) is 0 Å². The van der Waals surface area contributed by atoms with Crippen molar-refractivity contribution in [1.29, 1.82) is 0 Å². The summed E-state index contributed by atoms with van der Waals surface area (Å²) in [6.45, 7) is 16.8. The van der Waals surface area contributed by atoms with Crippen LogP contribution < -0.4 is 0 Å². The first-order chi connectivity index (χ1) is 8.00. The van der Waals surface area contributed by atoms with E-state index in [0.717, 1.165) is 21.3 Å². The summed E-state index contributed by atoms with van der Waals surface area (Å²) in [7, 11) is 0.146. The lowest BCUT2D eigenvalue weighted by atomic mass is 10.2. The van der Waals surface area contributed by atoms with Crippen LogP contribution in [0.1, 0.15) is 61.3 Å². The smallest absolute Gasteiger partial charge is 0.128 e. The second kappa shape index (κ2) is 8.49. The summed E-state index contributed by atoms with van der Waals surface area (Å²) in [6, 6.07) is 5.91. The topological polar surface area (TPSA) is 3.24 Å². The SMILES string of the molecule is CCC(C)N([Si][Si](CC)(CC)CC)C(C)CC. The lowest BCUT2D eigenvalue weighted by Crippen LogP contribution is -2.55. The Morgan fingerprint density at radius 3 is 1.41 bits per heavy atom. The highest BCUT2D eigenvalue weighted by Crippen LogP contribution is 2.23. The third-order valence-electron chi connectivity index (χ3n) is 4.53. The molecule has 2 unspecified atom stereocenters. The molecule has 0 aliphatic rings. The quantitative estimate of drug-likeness (QED) is 0.558. The largest absolute Gasteiger partial charge is 0.323 e. The minimum atomic E-state index is -0.985. The monoisotopic (exact) mass is 271 g/mol. The normalized spacial score (nSPS) is 16.2. The number of nitrogens with zero attached hydrogens (tertiary/aromatic N) is 1. The van der Waals surface area contributed by atoms with E-state index in [1.807, 2.05) is 0 Å². The molecule has 0 N–H and O–H groups in total. The molecule has 2 radical (unpaired) electrons. The molecule has 0 fully saturated rings. The van der Waals surface area contributed by atoms with Crippen molar-refractivity contribution in [2.75, 3.05) is 0 Å². The maximum atomic E-state index is 2.84. The molecule has 0 aromatic carbocycles. The molecule has 102 valence electrons. The molecule has 17 heavy (non-hydrogen) atoms. The van der Waals surface area contributed by atoms with Gasteiger partial charge >= 0.3 is 0 Å². The zero-order valence-electron chi connectivity index (χ0n) is 13.1. The van der Waals surface area contributed by atoms with Crippen LogP contribution in [0.25, 0.3) is 0 Å². The first-order valence-corrected chi connectivity index (χ1v) is 12.1. The molecule has 0 aromatic rings. The molecule has 0 aromatic heterocycles. The van der Waals surface area contributed by atoms with Gasteiger partial charge in [-0.15, -0.1) is 0 Å². The van der Waals surface area contributed by atoms with E-state index in [4.69, 9.17) is 0 Å². The zero-order valence-corrected chi connectivity index (χ0v) is 15.1. The fraction of sp³-hybridized carbons (Fsp3) is 1.00. The van der Waals surface area contributed by atoms with Crippen molar-refractivity contribution in [3.8, 4) is 0 Å². The highest BCUT2D eigenvalue weighted by molar-refractivity contribution is 7.23. The summed E-state index contributed by atoms with van der Waals surface area (Å²) < 4.78 is 2.84. The van der Waals surface area contributed by atoms with Crippen LogP contribution in [0.2, 0.25) is 18.1 Å². The second-order valence-corrected chi connectivity index (χ2v) is 14.6. The summed E-state index contributed by atoms with van der Waals surface area (Å²) in [5.74, 6) is 0. The Kier molecular flexibility index (Phi) is 8.68. The lowest BCUT2D eigenvalue weighted by Gasteiger charge is -2.40. The van der Waals surface area contributed by atoms with Crippen LogP contribution in [0.3, 0.4) is 0 Å². The number of rotatable bonds is 9. The van der Waals surface area contributed by atoms with Crippen molar-refractivity contribution in [3.63, 3.8) is 0 Å². The molecule has 0 aliphatic carbocycles. The van der Waals surface area contributed by atoms with Gasteiger partial charge in [0.1, 0.15) is 9.20 Å². The number of hydrogen-bond acceptors (Lipinski definition) is 1. The van der Waals surface area contributed by atoms with Crippen LogP contribution in [-0.2, 0) is 0 Å². The molecule has 2 atom stereocenters. The van der Waals surface area contributed by atoms with Gasteiger partial charge in [0.05, 0.1) is 7.59 Å². The minimum absolute atomic E-state index is 0.764. The molecular formula is C14H33NSi2. The lowest BCUT2D eigenvalue weighted by molar-refractivity contribution is 0.272. The van der Waals surface area contributed by atoms with E-state index in [-0.39, 0.29) is 0 Å². The van der Waals surface area contributed by atoms with Gasteiger partial charge < -0.3 is 4.57 Å². The Morgan fingerprint density at radius 2 is 1.18 bits per heavy atom. The second-order valence-electron chi connectivity index (χ2n) is 5.37. The molecule has 0 rings (SSSR count). The van der Waals surface area contributed by atoms with E-state index >= 15 is 0 Å². The van der Waals surface area contributed by atoms with Gasteiger partial charge in [-0.1, -0.05) is 66.6 Å². The predicted molar refractivity (Wildman–Crippen MR) is 84.3 cm³/mol. The maximum Gasteiger partial charge on any atom is 0.128 e. The molecule has 0 bridgehead atoms. The molecule has 0 aliphatic heterocycles. The van der Waals surface area contributed by atoms with E-state index in [1.165, 1.54) is 31.0 Å². The van der Waals surface area contributed by atoms with E-state index in [0.29, 0.717) is 0 Å². The third-order valence-corrected chi connectivity index (χ3v) is 15.6. The summed E-state index contributed by atoms with van der Waals surface area (Å²) in [5, 5.41) is 0. The van der Waals surface area contributed by atoms with Crippen molar-refractivity contribution >= 4 is 16.8 Å². The van der Waals surface area contributed by atoms with Crippen molar-refractivity contribution in [2.24, 2.45) is 0 Å². The van der Waals surface area contributed by atoms with Crippen LogP contribution in [0.4, 0.5) is 0 Å². The molecule has 1 nitrogen and oxygen atoms in total. The molecule has 0 heterocycles. The molecule has 0 saturated heterocycles. The van der Waals surface area contributed by atoms with Gasteiger partial charge in [-0.3, -0.25) is 0 Å². The van der Waals surface area contributed by atoms with E-state index in [1.54, 1.807) is 0 Å². The van der Waals surface area contributed by atoms with E-state index < -0.39 is 7.59 Å². The molecule has 0 amide bonds. The molecule has 0 spiro atoms. The predicted octanol–water partition coefficient (Wildman–Crippen LogP) is 4.51. The molecule has 0 saturated carbocycles. The summed E-state index contributed by atoms with van der Waals surface area (Å²) >= 11 is 0. The zero-order chi connectivity index (χ0) is 13.5. The van der Waals surface area contributed by atoms with Gasteiger partial charge in [-0.25, -0.2) is 0 Å². The Hall–Kier alpha value is 0.394. The average Bonchev–Trinajstić information content (AvgIpc) is 2.39. The van der Waals surface area contributed by atoms with Crippen LogP contribution in [0.15, 0.2) is 0 Å². The fourth-order valence-corrected chi connectivity index (χ4v) is 10.0.